The van der Waals surface area contributed by atoms with Crippen LogP contribution < -0.4 is 11.1 Å². The summed E-state index contributed by atoms with van der Waals surface area (Å²) in [6.07, 6.45) is 1.51. The Hall–Kier alpha value is -2.60. The van der Waals surface area contributed by atoms with E-state index in [1.165, 1.54) is 0 Å². The molecule has 2 aromatic rings. The van der Waals surface area contributed by atoms with Crippen LogP contribution in [0.5, 0.6) is 5.75 Å². The van der Waals surface area contributed by atoms with Crippen molar-refractivity contribution in [2.45, 2.75) is 18.9 Å². The van der Waals surface area contributed by atoms with E-state index in [2.05, 4.69) is 5.32 Å². The summed E-state index contributed by atoms with van der Waals surface area (Å²) in [5.74, 6) is -0.623. The van der Waals surface area contributed by atoms with E-state index in [4.69, 9.17) is 5.73 Å². The molecule has 1 aliphatic heterocycles. The molecule has 0 spiro atoms. The number of amides is 2. The first-order valence-corrected chi connectivity index (χ1v) is 8.06. The number of piperidine rings is 1. The topological polar surface area (TPSA) is 95.7 Å². The van der Waals surface area contributed by atoms with Crippen molar-refractivity contribution >= 4 is 22.6 Å². The van der Waals surface area contributed by atoms with Gasteiger partial charge in [0.25, 0.3) is 5.91 Å². The highest BCUT2D eigenvalue weighted by Gasteiger charge is 2.23. The van der Waals surface area contributed by atoms with Crippen molar-refractivity contribution in [2.75, 3.05) is 19.6 Å². The van der Waals surface area contributed by atoms with Crippen LogP contribution in [0.25, 0.3) is 10.8 Å². The molecule has 1 heterocycles. The van der Waals surface area contributed by atoms with Gasteiger partial charge in [-0.25, -0.2) is 0 Å². The van der Waals surface area contributed by atoms with Gasteiger partial charge < -0.3 is 16.2 Å². The second-order valence-corrected chi connectivity index (χ2v) is 6.21. The number of phenolic OH excluding ortho intramolecular Hbond substituents is 1. The average molecular weight is 327 g/mol. The Morgan fingerprint density at radius 3 is 2.42 bits per heavy atom. The van der Waals surface area contributed by atoms with Crippen molar-refractivity contribution in [3.63, 3.8) is 0 Å². The van der Waals surface area contributed by atoms with Crippen LogP contribution >= 0.6 is 0 Å². The normalized spacial score (nSPS) is 16.2. The highest BCUT2D eigenvalue weighted by Crippen LogP contribution is 2.25. The largest absolute Gasteiger partial charge is 0.507 e. The molecule has 1 aliphatic rings. The van der Waals surface area contributed by atoms with Crippen LogP contribution in [0.15, 0.2) is 36.4 Å². The Balaban J connectivity index is 1.65. The number of hydrogen-bond donors (Lipinski definition) is 3. The minimum Gasteiger partial charge on any atom is -0.507 e. The Labute approximate surface area is 140 Å². The lowest BCUT2D eigenvalue weighted by molar-refractivity contribution is -0.119. The van der Waals surface area contributed by atoms with E-state index >= 15 is 0 Å². The van der Waals surface area contributed by atoms with Crippen molar-refractivity contribution in [2.24, 2.45) is 5.73 Å². The summed E-state index contributed by atoms with van der Waals surface area (Å²) in [6, 6.07) is 10.9. The van der Waals surface area contributed by atoms with Gasteiger partial charge in [-0.15, -0.1) is 0 Å². The molecule has 6 nitrogen and oxygen atoms in total. The average Bonchev–Trinajstić information content (AvgIpc) is 2.55. The highest BCUT2D eigenvalue weighted by atomic mass is 16.3. The number of nitrogens with two attached hydrogens (primary N) is 1. The first-order valence-electron chi connectivity index (χ1n) is 8.06. The Morgan fingerprint density at radius 1 is 1.17 bits per heavy atom. The maximum Gasteiger partial charge on any atom is 0.255 e. The first kappa shape index (κ1) is 16.3. The van der Waals surface area contributed by atoms with Crippen LogP contribution in [-0.4, -0.2) is 47.5 Å². The fourth-order valence-electron chi connectivity index (χ4n) is 3.13. The van der Waals surface area contributed by atoms with Crippen molar-refractivity contribution in [3.8, 4) is 5.75 Å². The van der Waals surface area contributed by atoms with Crippen molar-refractivity contribution in [1.82, 2.24) is 10.2 Å². The molecule has 126 valence electrons. The summed E-state index contributed by atoms with van der Waals surface area (Å²) in [5.41, 5.74) is 5.48. The third-order valence-electron chi connectivity index (χ3n) is 4.41. The molecule has 3 rings (SSSR count). The monoisotopic (exact) mass is 327 g/mol. The number of phenols is 1. The number of rotatable bonds is 4. The second kappa shape index (κ2) is 6.88. The molecule has 4 N–H and O–H groups in total. The number of fused-ring (bicyclic) bond motifs is 1. The number of nitrogens with zero attached hydrogens (tertiary/aromatic N) is 1. The van der Waals surface area contributed by atoms with Crippen LogP contribution in [0.4, 0.5) is 0 Å². The van der Waals surface area contributed by atoms with E-state index in [0.717, 1.165) is 36.7 Å². The summed E-state index contributed by atoms with van der Waals surface area (Å²) in [5, 5.41) is 14.9. The van der Waals surface area contributed by atoms with E-state index in [9.17, 15) is 14.7 Å². The summed E-state index contributed by atoms with van der Waals surface area (Å²) in [4.78, 5) is 25.4. The number of benzene rings is 2. The van der Waals surface area contributed by atoms with Gasteiger partial charge in [0.2, 0.25) is 5.91 Å². The van der Waals surface area contributed by atoms with Gasteiger partial charge in [-0.3, -0.25) is 14.5 Å². The standard InChI is InChI=1S/C18H21N3O3/c19-17(23)11-21-7-5-14(6-8-21)20-18(24)15-9-12-3-1-2-4-13(12)10-16(15)22/h1-4,9-10,14,22H,5-8,11H2,(H2,19,23)(H,20,24). The van der Waals surface area contributed by atoms with Gasteiger partial charge >= 0.3 is 0 Å². The molecule has 0 aromatic heterocycles. The SMILES string of the molecule is NC(=O)CN1CCC(NC(=O)c2cc3ccccc3cc2O)CC1. The van der Waals surface area contributed by atoms with Crippen LogP contribution in [0.3, 0.4) is 0 Å². The predicted molar refractivity (Wildman–Crippen MR) is 91.7 cm³/mol. The number of aromatic hydroxyl groups is 1. The molecule has 2 amide bonds. The summed E-state index contributed by atoms with van der Waals surface area (Å²) in [6.45, 7) is 1.70. The number of nitrogens with one attached hydrogen (secondary N) is 1. The molecule has 0 radical (unpaired) electrons. The van der Waals surface area contributed by atoms with Gasteiger partial charge in [-0.1, -0.05) is 24.3 Å². The minimum absolute atomic E-state index is 0.0163. The predicted octanol–water partition coefficient (Wildman–Crippen LogP) is 1.22. The summed E-state index contributed by atoms with van der Waals surface area (Å²) in [7, 11) is 0. The zero-order valence-corrected chi connectivity index (χ0v) is 13.4. The van der Waals surface area contributed by atoms with Gasteiger partial charge in [0, 0.05) is 19.1 Å². The highest BCUT2D eigenvalue weighted by molar-refractivity contribution is 6.01. The number of primary amides is 1. The van der Waals surface area contributed by atoms with Crippen LogP contribution in [-0.2, 0) is 4.79 Å². The smallest absolute Gasteiger partial charge is 0.255 e. The molecule has 24 heavy (non-hydrogen) atoms. The van der Waals surface area contributed by atoms with E-state index in [1.54, 1.807) is 12.1 Å². The maximum absolute atomic E-state index is 12.5. The van der Waals surface area contributed by atoms with Crippen LogP contribution in [0.2, 0.25) is 0 Å². The van der Waals surface area contributed by atoms with Crippen molar-refractivity contribution in [3.05, 3.63) is 42.0 Å². The molecule has 0 aliphatic carbocycles. The number of likely N-dealkylation sites (tertiary alicyclic amines) is 1. The molecule has 0 atom stereocenters. The number of hydrogen-bond acceptors (Lipinski definition) is 4. The van der Waals surface area contributed by atoms with E-state index in [1.807, 2.05) is 29.2 Å². The molecular formula is C18H21N3O3. The number of carbonyl (C=O) groups excluding carboxylic acids is 2. The molecular weight excluding hydrogens is 306 g/mol. The van der Waals surface area contributed by atoms with E-state index in [0.29, 0.717) is 0 Å². The lowest BCUT2D eigenvalue weighted by Crippen LogP contribution is -2.46. The molecule has 6 heteroatoms. The fraction of sp³-hybridized carbons (Fsp3) is 0.333. The maximum atomic E-state index is 12.5. The van der Waals surface area contributed by atoms with E-state index < -0.39 is 0 Å². The molecule has 0 unspecified atom stereocenters. The van der Waals surface area contributed by atoms with Crippen LogP contribution in [0.1, 0.15) is 23.2 Å². The number of carbonyl (C=O) groups is 2. The van der Waals surface area contributed by atoms with Crippen molar-refractivity contribution < 1.29 is 14.7 Å². The van der Waals surface area contributed by atoms with Crippen molar-refractivity contribution in [1.29, 1.82) is 0 Å². The van der Waals surface area contributed by atoms with Crippen LogP contribution in [0, 0.1) is 0 Å². The Bertz CT molecular complexity index is 767. The molecule has 0 bridgehead atoms. The van der Waals surface area contributed by atoms with Gasteiger partial charge in [0.15, 0.2) is 0 Å². The van der Waals surface area contributed by atoms with Gasteiger partial charge in [0.05, 0.1) is 12.1 Å². The third kappa shape index (κ3) is 3.65. The summed E-state index contributed by atoms with van der Waals surface area (Å²) < 4.78 is 0. The zero-order chi connectivity index (χ0) is 17.1. The van der Waals surface area contributed by atoms with E-state index in [-0.39, 0.29) is 35.7 Å². The molecule has 1 saturated heterocycles. The van der Waals surface area contributed by atoms with Gasteiger partial charge in [0.1, 0.15) is 5.75 Å². The molecule has 2 aromatic carbocycles. The minimum atomic E-state index is -0.335. The molecule has 1 fully saturated rings. The third-order valence-corrected chi connectivity index (χ3v) is 4.41. The first-order chi connectivity index (χ1) is 11.5. The Morgan fingerprint density at radius 2 is 1.79 bits per heavy atom. The van der Waals surface area contributed by atoms with Gasteiger partial charge in [-0.05, 0) is 35.7 Å². The quantitative estimate of drug-likeness (QED) is 0.787. The summed E-state index contributed by atoms with van der Waals surface area (Å²) >= 11 is 0. The Kier molecular flexibility index (Phi) is 4.66. The fourth-order valence-corrected chi connectivity index (χ4v) is 3.13. The second-order valence-electron chi connectivity index (χ2n) is 6.21. The van der Waals surface area contributed by atoms with Gasteiger partial charge in [-0.2, -0.15) is 0 Å². The lowest BCUT2D eigenvalue weighted by Gasteiger charge is -2.31. The lowest BCUT2D eigenvalue weighted by atomic mass is 10.0. The zero-order valence-electron chi connectivity index (χ0n) is 13.4. The molecule has 0 saturated carbocycles.